The fourth-order valence-corrected chi connectivity index (χ4v) is 0.949. The van der Waals surface area contributed by atoms with Gasteiger partial charge in [-0.25, -0.2) is 0 Å². The molecule has 13 heavy (non-hydrogen) atoms. The number of nitrogens with two attached hydrogens (primary N) is 1. The predicted octanol–water partition coefficient (Wildman–Crippen LogP) is -1.46. The van der Waals surface area contributed by atoms with E-state index >= 15 is 0 Å². The molecular formula is C8H18N2O3. The summed E-state index contributed by atoms with van der Waals surface area (Å²) in [4.78, 5) is 12.7. The lowest BCUT2D eigenvalue weighted by molar-refractivity contribution is -0.136. The van der Waals surface area contributed by atoms with Crippen molar-refractivity contribution in [2.75, 3.05) is 20.2 Å². The summed E-state index contributed by atoms with van der Waals surface area (Å²) in [6.07, 6.45) is -0.906. The number of rotatable bonds is 4. The van der Waals surface area contributed by atoms with Crippen LogP contribution in [0.3, 0.4) is 0 Å². The molecule has 0 spiro atoms. The predicted molar refractivity (Wildman–Crippen MR) is 49.0 cm³/mol. The van der Waals surface area contributed by atoms with E-state index in [1.165, 1.54) is 11.9 Å². The van der Waals surface area contributed by atoms with Crippen LogP contribution in [0.5, 0.6) is 0 Å². The summed E-state index contributed by atoms with van der Waals surface area (Å²) in [6, 6.07) is 0. The second-order valence-electron chi connectivity index (χ2n) is 3.74. The maximum absolute atomic E-state index is 11.4. The molecule has 4 N–H and O–H groups in total. The number of likely N-dealkylation sites (N-methyl/N-ethyl adjacent to an activating group) is 1. The average Bonchev–Trinajstić information content (AvgIpc) is 2.01. The van der Waals surface area contributed by atoms with E-state index in [0.29, 0.717) is 0 Å². The lowest BCUT2D eigenvalue weighted by Gasteiger charge is -2.27. The number of hydrogen-bond donors (Lipinski definition) is 3. The van der Waals surface area contributed by atoms with Crippen molar-refractivity contribution in [2.45, 2.75) is 25.5 Å². The van der Waals surface area contributed by atoms with E-state index in [1.54, 1.807) is 13.8 Å². The van der Waals surface area contributed by atoms with Crippen molar-refractivity contribution in [1.82, 2.24) is 4.90 Å². The largest absolute Gasteiger partial charge is 0.394 e. The molecule has 0 saturated carbocycles. The van der Waals surface area contributed by atoms with Gasteiger partial charge in [-0.3, -0.25) is 4.79 Å². The van der Waals surface area contributed by atoms with Gasteiger partial charge in [-0.2, -0.15) is 0 Å². The Kier molecular flexibility index (Phi) is 4.32. The Morgan fingerprint density at radius 1 is 1.62 bits per heavy atom. The van der Waals surface area contributed by atoms with Crippen LogP contribution in [-0.4, -0.2) is 52.9 Å². The van der Waals surface area contributed by atoms with Gasteiger partial charge in [-0.05, 0) is 13.8 Å². The highest BCUT2D eigenvalue weighted by molar-refractivity contribution is 5.84. The molecule has 0 radical (unpaired) electrons. The fourth-order valence-electron chi connectivity index (χ4n) is 0.949. The minimum Gasteiger partial charge on any atom is -0.394 e. The van der Waals surface area contributed by atoms with Crippen molar-refractivity contribution < 1.29 is 15.0 Å². The van der Waals surface area contributed by atoms with E-state index in [9.17, 15) is 4.79 Å². The molecule has 1 unspecified atom stereocenters. The van der Waals surface area contributed by atoms with Gasteiger partial charge < -0.3 is 20.8 Å². The third kappa shape index (κ3) is 4.21. The summed E-state index contributed by atoms with van der Waals surface area (Å²) in [5, 5.41) is 17.6. The SMILES string of the molecule is CN(CC(O)CO)C(=O)C(C)(C)N. The van der Waals surface area contributed by atoms with Gasteiger partial charge in [-0.1, -0.05) is 0 Å². The van der Waals surface area contributed by atoms with E-state index in [2.05, 4.69) is 0 Å². The van der Waals surface area contributed by atoms with Crippen molar-refractivity contribution in [3.8, 4) is 0 Å². The quantitative estimate of drug-likeness (QED) is 0.505. The Morgan fingerprint density at radius 3 is 2.38 bits per heavy atom. The lowest BCUT2D eigenvalue weighted by Crippen LogP contribution is -2.51. The molecule has 5 nitrogen and oxygen atoms in total. The second-order valence-corrected chi connectivity index (χ2v) is 3.74. The van der Waals surface area contributed by atoms with Crippen LogP contribution in [0, 0.1) is 0 Å². The van der Waals surface area contributed by atoms with Crippen LogP contribution in [-0.2, 0) is 4.79 Å². The molecule has 0 fully saturated rings. The number of carbonyl (C=O) groups excluding carboxylic acids is 1. The number of amides is 1. The summed E-state index contributed by atoms with van der Waals surface area (Å²) in [7, 11) is 1.54. The molecule has 78 valence electrons. The van der Waals surface area contributed by atoms with Gasteiger partial charge in [0, 0.05) is 13.6 Å². The number of aliphatic hydroxyl groups excluding tert-OH is 2. The van der Waals surface area contributed by atoms with Crippen LogP contribution < -0.4 is 5.73 Å². The second kappa shape index (κ2) is 4.55. The van der Waals surface area contributed by atoms with Gasteiger partial charge in [0.15, 0.2) is 0 Å². The molecule has 0 bridgehead atoms. The monoisotopic (exact) mass is 190 g/mol. The Morgan fingerprint density at radius 2 is 2.08 bits per heavy atom. The molecule has 0 aromatic heterocycles. The van der Waals surface area contributed by atoms with Gasteiger partial charge >= 0.3 is 0 Å². The van der Waals surface area contributed by atoms with Crippen molar-refractivity contribution >= 4 is 5.91 Å². The van der Waals surface area contributed by atoms with E-state index in [4.69, 9.17) is 15.9 Å². The zero-order chi connectivity index (χ0) is 10.6. The minimum atomic E-state index is -0.941. The molecular weight excluding hydrogens is 172 g/mol. The van der Waals surface area contributed by atoms with Gasteiger partial charge in [0.1, 0.15) is 0 Å². The van der Waals surface area contributed by atoms with Gasteiger partial charge in [0.05, 0.1) is 18.2 Å². The first-order valence-corrected chi connectivity index (χ1v) is 4.12. The third-order valence-electron chi connectivity index (χ3n) is 1.59. The van der Waals surface area contributed by atoms with Gasteiger partial charge in [-0.15, -0.1) is 0 Å². The summed E-state index contributed by atoms with van der Waals surface area (Å²) >= 11 is 0. The first-order chi connectivity index (χ1) is 5.79. The van der Waals surface area contributed by atoms with Crippen LogP contribution in [0.1, 0.15) is 13.8 Å². The smallest absolute Gasteiger partial charge is 0.241 e. The number of aliphatic hydroxyl groups is 2. The molecule has 5 heteroatoms. The van der Waals surface area contributed by atoms with Gasteiger partial charge in [0.25, 0.3) is 0 Å². The molecule has 1 atom stereocenters. The summed E-state index contributed by atoms with van der Waals surface area (Å²) < 4.78 is 0. The molecule has 0 aliphatic carbocycles. The van der Waals surface area contributed by atoms with E-state index in [1.807, 2.05) is 0 Å². The zero-order valence-corrected chi connectivity index (χ0v) is 8.32. The highest BCUT2D eigenvalue weighted by atomic mass is 16.3. The lowest BCUT2D eigenvalue weighted by atomic mass is 10.1. The van der Waals surface area contributed by atoms with Crippen molar-refractivity contribution in [1.29, 1.82) is 0 Å². The Labute approximate surface area is 78.1 Å². The fraction of sp³-hybridized carbons (Fsp3) is 0.875. The maximum Gasteiger partial charge on any atom is 0.241 e. The van der Waals surface area contributed by atoms with Crippen LogP contribution in [0.25, 0.3) is 0 Å². The molecule has 0 aromatic carbocycles. The number of nitrogens with zero attached hydrogens (tertiary/aromatic N) is 1. The molecule has 0 heterocycles. The van der Waals surface area contributed by atoms with E-state index in [0.717, 1.165) is 0 Å². The Balaban J connectivity index is 4.12. The van der Waals surface area contributed by atoms with E-state index in [-0.39, 0.29) is 19.1 Å². The van der Waals surface area contributed by atoms with Crippen LogP contribution in [0.15, 0.2) is 0 Å². The highest BCUT2D eigenvalue weighted by Gasteiger charge is 2.26. The zero-order valence-electron chi connectivity index (χ0n) is 8.32. The summed E-state index contributed by atoms with van der Waals surface area (Å²) in [6.45, 7) is 2.92. The Bertz CT molecular complexity index is 177. The first kappa shape index (κ1) is 12.3. The van der Waals surface area contributed by atoms with Crippen LogP contribution in [0.4, 0.5) is 0 Å². The molecule has 0 aliphatic rings. The van der Waals surface area contributed by atoms with E-state index < -0.39 is 11.6 Å². The maximum atomic E-state index is 11.4. The molecule has 0 rings (SSSR count). The average molecular weight is 190 g/mol. The van der Waals surface area contributed by atoms with Crippen molar-refractivity contribution in [3.63, 3.8) is 0 Å². The molecule has 0 aliphatic heterocycles. The summed E-state index contributed by atoms with van der Waals surface area (Å²) in [5.41, 5.74) is 4.62. The van der Waals surface area contributed by atoms with Crippen molar-refractivity contribution in [3.05, 3.63) is 0 Å². The summed E-state index contributed by atoms with van der Waals surface area (Å²) in [5.74, 6) is -0.264. The molecule has 0 aromatic rings. The third-order valence-corrected chi connectivity index (χ3v) is 1.59. The van der Waals surface area contributed by atoms with Crippen molar-refractivity contribution in [2.24, 2.45) is 5.73 Å². The molecule has 1 amide bonds. The highest BCUT2D eigenvalue weighted by Crippen LogP contribution is 2.02. The number of hydrogen-bond acceptors (Lipinski definition) is 4. The molecule has 0 saturated heterocycles. The van der Waals surface area contributed by atoms with Gasteiger partial charge in [0.2, 0.25) is 5.91 Å². The van der Waals surface area contributed by atoms with Crippen LogP contribution >= 0.6 is 0 Å². The standard InChI is InChI=1S/C8H18N2O3/c1-8(2,9)7(13)10(3)4-6(12)5-11/h6,11-12H,4-5,9H2,1-3H3. The normalized spacial score (nSPS) is 14.0. The number of carbonyl (C=O) groups is 1. The van der Waals surface area contributed by atoms with Crippen LogP contribution in [0.2, 0.25) is 0 Å². The first-order valence-electron chi connectivity index (χ1n) is 4.12. The topological polar surface area (TPSA) is 86.8 Å². The Hall–Kier alpha value is -0.650. The minimum absolute atomic E-state index is 0.0932.